The molecule has 2 aromatic rings. The van der Waals surface area contributed by atoms with E-state index < -0.39 is 0 Å². The Morgan fingerprint density at radius 3 is 2.60 bits per heavy atom. The highest BCUT2D eigenvalue weighted by Crippen LogP contribution is 2.25. The lowest BCUT2D eigenvalue weighted by atomic mass is 10.1. The fourth-order valence-corrected chi connectivity index (χ4v) is 2.24. The molecule has 1 amide bonds. The van der Waals surface area contributed by atoms with Gasteiger partial charge in [0, 0.05) is 18.7 Å². The Balaban J connectivity index is 1.89. The van der Waals surface area contributed by atoms with E-state index in [2.05, 4.69) is 5.16 Å². The molecular formula is C15H16N2O3. The predicted octanol–water partition coefficient (Wildman–Crippen LogP) is 2.12. The first-order chi connectivity index (χ1) is 9.75. The molecule has 104 valence electrons. The van der Waals surface area contributed by atoms with Crippen LogP contribution >= 0.6 is 0 Å². The maximum atomic E-state index is 12.5. The number of benzene rings is 1. The molecule has 0 unspecified atom stereocenters. The van der Waals surface area contributed by atoms with Crippen molar-refractivity contribution in [2.45, 2.75) is 6.92 Å². The molecule has 5 nitrogen and oxygen atoms in total. The second kappa shape index (κ2) is 5.46. The van der Waals surface area contributed by atoms with Crippen LogP contribution in [0.4, 0.5) is 0 Å². The molecule has 1 saturated heterocycles. The lowest BCUT2D eigenvalue weighted by Gasteiger charge is -2.26. The average Bonchev–Trinajstić information content (AvgIpc) is 2.97. The van der Waals surface area contributed by atoms with Gasteiger partial charge in [-0.15, -0.1) is 0 Å². The van der Waals surface area contributed by atoms with Gasteiger partial charge in [-0.05, 0) is 6.92 Å². The number of amides is 1. The Labute approximate surface area is 117 Å². The summed E-state index contributed by atoms with van der Waals surface area (Å²) >= 11 is 0. The minimum absolute atomic E-state index is 0.0508. The summed E-state index contributed by atoms with van der Waals surface area (Å²) < 4.78 is 10.5. The number of aryl methyl sites for hydroxylation is 1. The molecule has 0 atom stereocenters. The topological polar surface area (TPSA) is 55.6 Å². The van der Waals surface area contributed by atoms with Crippen molar-refractivity contribution in [2.24, 2.45) is 0 Å². The van der Waals surface area contributed by atoms with E-state index >= 15 is 0 Å². The van der Waals surface area contributed by atoms with Crippen LogP contribution in [0.1, 0.15) is 15.9 Å². The minimum atomic E-state index is -0.0508. The molecule has 1 aliphatic rings. The van der Waals surface area contributed by atoms with E-state index in [9.17, 15) is 4.79 Å². The SMILES string of the molecule is Cc1ccc(-c2oncc2C(=O)N2CCOCC2)cc1. The second-order valence-corrected chi connectivity index (χ2v) is 4.84. The van der Waals surface area contributed by atoms with Crippen LogP contribution in [0, 0.1) is 6.92 Å². The number of morpholine rings is 1. The Bertz CT molecular complexity index is 598. The number of aromatic nitrogens is 1. The third kappa shape index (κ3) is 2.44. The number of nitrogens with zero attached hydrogens (tertiary/aromatic N) is 2. The van der Waals surface area contributed by atoms with E-state index in [1.54, 1.807) is 4.90 Å². The largest absolute Gasteiger partial charge is 0.378 e. The summed E-state index contributed by atoms with van der Waals surface area (Å²) in [7, 11) is 0. The monoisotopic (exact) mass is 272 g/mol. The van der Waals surface area contributed by atoms with Crippen molar-refractivity contribution in [1.29, 1.82) is 0 Å². The molecule has 1 aromatic carbocycles. The number of rotatable bonds is 2. The molecule has 2 heterocycles. The van der Waals surface area contributed by atoms with Crippen molar-refractivity contribution in [3.63, 3.8) is 0 Å². The predicted molar refractivity (Wildman–Crippen MR) is 73.4 cm³/mol. The molecule has 0 radical (unpaired) electrons. The van der Waals surface area contributed by atoms with Crippen LogP contribution in [-0.2, 0) is 4.74 Å². The third-order valence-electron chi connectivity index (χ3n) is 3.41. The Hall–Kier alpha value is -2.14. The fraction of sp³-hybridized carbons (Fsp3) is 0.333. The van der Waals surface area contributed by atoms with Gasteiger partial charge in [0.1, 0.15) is 5.56 Å². The standard InChI is InChI=1S/C15H16N2O3/c1-11-2-4-12(5-3-11)14-13(10-16-20-14)15(18)17-6-8-19-9-7-17/h2-5,10H,6-9H2,1H3. The molecule has 5 heteroatoms. The normalized spacial score (nSPS) is 15.3. The van der Waals surface area contributed by atoms with E-state index in [1.807, 2.05) is 31.2 Å². The van der Waals surface area contributed by atoms with Crippen molar-refractivity contribution >= 4 is 5.91 Å². The van der Waals surface area contributed by atoms with Gasteiger partial charge in [0.15, 0.2) is 5.76 Å². The fourth-order valence-electron chi connectivity index (χ4n) is 2.24. The molecule has 0 N–H and O–H groups in total. The molecule has 1 fully saturated rings. The van der Waals surface area contributed by atoms with Crippen LogP contribution in [0.15, 0.2) is 35.0 Å². The maximum absolute atomic E-state index is 12.5. The quantitative estimate of drug-likeness (QED) is 0.840. The molecule has 3 rings (SSSR count). The minimum Gasteiger partial charge on any atom is -0.378 e. The molecule has 1 aromatic heterocycles. The highest BCUT2D eigenvalue weighted by molar-refractivity contribution is 5.99. The van der Waals surface area contributed by atoms with Gasteiger partial charge < -0.3 is 14.2 Å². The summed E-state index contributed by atoms with van der Waals surface area (Å²) in [5, 5.41) is 3.78. The maximum Gasteiger partial charge on any atom is 0.259 e. The molecule has 20 heavy (non-hydrogen) atoms. The first kappa shape index (κ1) is 12.9. The Morgan fingerprint density at radius 2 is 1.90 bits per heavy atom. The smallest absolute Gasteiger partial charge is 0.259 e. The lowest BCUT2D eigenvalue weighted by Crippen LogP contribution is -2.40. The zero-order valence-corrected chi connectivity index (χ0v) is 11.3. The Kier molecular flexibility index (Phi) is 3.52. The van der Waals surface area contributed by atoms with Crippen molar-refractivity contribution in [3.8, 4) is 11.3 Å². The molecule has 1 aliphatic heterocycles. The third-order valence-corrected chi connectivity index (χ3v) is 3.41. The van der Waals surface area contributed by atoms with Crippen LogP contribution in [0.2, 0.25) is 0 Å². The van der Waals surface area contributed by atoms with Crippen LogP contribution in [0.3, 0.4) is 0 Å². The van der Waals surface area contributed by atoms with Crippen LogP contribution < -0.4 is 0 Å². The van der Waals surface area contributed by atoms with Gasteiger partial charge in [-0.2, -0.15) is 0 Å². The molecule has 0 aliphatic carbocycles. The van der Waals surface area contributed by atoms with E-state index in [-0.39, 0.29) is 5.91 Å². The summed E-state index contributed by atoms with van der Waals surface area (Å²) in [6.45, 7) is 4.40. The summed E-state index contributed by atoms with van der Waals surface area (Å²) in [4.78, 5) is 14.3. The second-order valence-electron chi connectivity index (χ2n) is 4.84. The first-order valence-electron chi connectivity index (χ1n) is 6.64. The lowest BCUT2D eigenvalue weighted by molar-refractivity contribution is 0.0303. The number of hydrogen-bond donors (Lipinski definition) is 0. The first-order valence-corrected chi connectivity index (χ1v) is 6.64. The summed E-state index contributed by atoms with van der Waals surface area (Å²) in [6, 6.07) is 7.85. The number of hydrogen-bond acceptors (Lipinski definition) is 4. The van der Waals surface area contributed by atoms with E-state index in [0.717, 1.165) is 11.1 Å². The zero-order chi connectivity index (χ0) is 13.9. The number of carbonyl (C=O) groups is 1. The highest BCUT2D eigenvalue weighted by atomic mass is 16.5. The van der Waals surface area contributed by atoms with E-state index in [4.69, 9.17) is 9.26 Å². The number of ether oxygens (including phenoxy) is 1. The summed E-state index contributed by atoms with van der Waals surface area (Å²) in [6.07, 6.45) is 1.49. The number of carbonyl (C=O) groups excluding carboxylic acids is 1. The van der Waals surface area contributed by atoms with Gasteiger partial charge in [-0.25, -0.2) is 0 Å². The van der Waals surface area contributed by atoms with Gasteiger partial charge >= 0.3 is 0 Å². The van der Waals surface area contributed by atoms with Crippen molar-refractivity contribution < 1.29 is 14.1 Å². The molecule has 0 saturated carbocycles. The molecule has 0 bridgehead atoms. The van der Waals surface area contributed by atoms with Crippen LogP contribution in [-0.4, -0.2) is 42.3 Å². The van der Waals surface area contributed by atoms with Gasteiger partial charge in [0.2, 0.25) is 0 Å². The van der Waals surface area contributed by atoms with Crippen molar-refractivity contribution in [1.82, 2.24) is 10.1 Å². The van der Waals surface area contributed by atoms with Gasteiger partial charge in [0.05, 0.1) is 19.4 Å². The zero-order valence-electron chi connectivity index (χ0n) is 11.3. The Morgan fingerprint density at radius 1 is 1.20 bits per heavy atom. The van der Waals surface area contributed by atoms with E-state index in [1.165, 1.54) is 6.20 Å². The molecular weight excluding hydrogens is 256 g/mol. The van der Waals surface area contributed by atoms with Gasteiger partial charge in [-0.3, -0.25) is 4.79 Å². The van der Waals surface area contributed by atoms with Gasteiger partial charge in [0.25, 0.3) is 5.91 Å². The average molecular weight is 272 g/mol. The van der Waals surface area contributed by atoms with Gasteiger partial charge in [-0.1, -0.05) is 35.0 Å². The van der Waals surface area contributed by atoms with E-state index in [0.29, 0.717) is 37.6 Å². The van der Waals surface area contributed by atoms with Crippen molar-refractivity contribution in [3.05, 3.63) is 41.6 Å². The van der Waals surface area contributed by atoms with Crippen LogP contribution in [0.25, 0.3) is 11.3 Å². The summed E-state index contributed by atoms with van der Waals surface area (Å²) in [5.41, 5.74) is 2.54. The summed E-state index contributed by atoms with van der Waals surface area (Å²) in [5.74, 6) is 0.478. The molecule has 0 spiro atoms. The van der Waals surface area contributed by atoms with Crippen LogP contribution in [0.5, 0.6) is 0 Å². The van der Waals surface area contributed by atoms with Crippen molar-refractivity contribution in [2.75, 3.05) is 26.3 Å². The highest BCUT2D eigenvalue weighted by Gasteiger charge is 2.24.